The van der Waals surface area contributed by atoms with Crippen LogP contribution in [-0.4, -0.2) is 66.3 Å². The van der Waals surface area contributed by atoms with Crippen LogP contribution in [0, 0.1) is 12.8 Å². The maximum absolute atomic E-state index is 12.4. The highest BCUT2D eigenvalue weighted by atomic mass is 16.5. The molecule has 9 nitrogen and oxygen atoms in total. The van der Waals surface area contributed by atoms with Crippen LogP contribution in [-0.2, 0) is 9.53 Å². The fourth-order valence-electron chi connectivity index (χ4n) is 4.30. The highest BCUT2D eigenvalue weighted by Gasteiger charge is 2.22. The molecule has 0 atom stereocenters. The number of amides is 1. The Balaban J connectivity index is 1.25. The number of nitrogens with zero attached hydrogens (tertiary/aromatic N) is 3. The number of aromatic amines is 1. The lowest BCUT2D eigenvalue weighted by Gasteiger charge is -2.30. The van der Waals surface area contributed by atoms with Crippen molar-refractivity contribution < 1.29 is 23.7 Å². The zero-order valence-electron chi connectivity index (χ0n) is 20.7. The second-order valence-corrected chi connectivity index (χ2v) is 9.13. The lowest BCUT2D eigenvalue weighted by molar-refractivity contribution is -0.133. The Morgan fingerprint density at radius 2 is 2.03 bits per heavy atom. The highest BCUT2D eigenvalue weighted by Crippen LogP contribution is 2.36. The second kappa shape index (κ2) is 10.4. The third-order valence-electron chi connectivity index (χ3n) is 6.28. The standard InChI is InChI=1S/C27H30N4O5/c1-17-9-19-10-20(6-7-22(19)30-17)36-27-21-11-24(33-3)25(12-23(21)28-16-29-27)35-8-4-5-26(32)31(2)13-18-14-34-15-18/h6-7,9-12,16,18,30H,4-5,8,13-15H2,1-3H3. The summed E-state index contributed by atoms with van der Waals surface area (Å²) in [7, 11) is 3.42. The van der Waals surface area contributed by atoms with E-state index in [1.54, 1.807) is 12.0 Å². The maximum Gasteiger partial charge on any atom is 0.230 e. The molecular formula is C27H30N4O5. The van der Waals surface area contributed by atoms with Gasteiger partial charge in [-0.1, -0.05) is 0 Å². The van der Waals surface area contributed by atoms with Crippen LogP contribution in [0.4, 0.5) is 0 Å². The number of H-pyrrole nitrogens is 1. The monoisotopic (exact) mass is 490 g/mol. The fraction of sp³-hybridized carbons (Fsp3) is 0.370. The predicted molar refractivity (Wildman–Crippen MR) is 136 cm³/mol. The Morgan fingerprint density at radius 3 is 2.81 bits per heavy atom. The van der Waals surface area contributed by atoms with E-state index in [2.05, 4.69) is 21.0 Å². The van der Waals surface area contributed by atoms with Crippen molar-refractivity contribution in [1.82, 2.24) is 19.9 Å². The quantitative estimate of drug-likeness (QED) is 0.327. The minimum atomic E-state index is 0.110. The third-order valence-corrected chi connectivity index (χ3v) is 6.28. The summed E-state index contributed by atoms with van der Waals surface area (Å²) in [5.74, 6) is 2.79. The van der Waals surface area contributed by atoms with Gasteiger partial charge in [-0.3, -0.25) is 4.79 Å². The molecule has 4 aromatic rings. The molecule has 0 spiro atoms. The van der Waals surface area contributed by atoms with Crippen LogP contribution in [0.15, 0.2) is 42.7 Å². The molecule has 9 heteroatoms. The molecule has 1 aliphatic heterocycles. The van der Waals surface area contributed by atoms with E-state index in [9.17, 15) is 4.79 Å². The molecule has 188 valence electrons. The van der Waals surface area contributed by atoms with Gasteiger partial charge in [0.1, 0.15) is 12.1 Å². The molecule has 0 bridgehead atoms. The molecule has 2 aromatic heterocycles. The van der Waals surface area contributed by atoms with Gasteiger partial charge in [0, 0.05) is 48.6 Å². The molecule has 3 heterocycles. The first kappa shape index (κ1) is 23.9. The second-order valence-electron chi connectivity index (χ2n) is 9.13. The smallest absolute Gasteiger partial charge is 0.230 e. The van der Waals surface area contributed by atoms with Crippen LogP contribution in [0.5, 0.6) is 23.1 Å². The SMILES string of the molecule is COc1cc2c(Oc3ccc4[nH]c(C)cc4c3)ncnc2cc1OCCCC(=O)N(C)CC1COC1. The Bertz CT molecular complexity index is 1380. The largest absolute Gasteiger partial charge is 0.493 e. The van der Waals surface area contributed by atoms with E-state index < -0.39 is 0 Å². The summed E-state index contributed by atoms with van der Waals surface area (Å²) in [4.78, 5) is 26.2. The van der Waals surface area contributed by atoms with E-state index in [1.807, 2.05) is 44.3 Å². The van der Waals surface area contributed by atoms with Crippen LogP contribution < -0.4 is 14.2 Å². The van der Waals surface area contributed by atoms with Crippen molar-refractivity contribution in [1.29, 1.82) is 0 Å². The van der Waals surface area contributed by atoms with E-state index in [0.717, 1.165) is 36.4 Å². The summed E-state index contributed by atoms with van der Waals surface area (Å²) in [5.41, 5.74) is 2.82. The highest BCUT2D eigenvalue weighted by molar-refractivity contribution is 5.87. The summed E-state index contributed by atoms with van der Waals surface area (Å²) >= 11 is 0. The van der Waals surface area contributed by atoms with Crippen molar-refractivity contribution in [3.63, 3.8) is 0 Å². The number of hydrogen-bond acceptors (Lipinski definition) is 7. The zero-order valence-corrected chi connectivity index (χ0v) is 20.7. The first-order valence-corrected chi connectivity index (χ1v) is 12.0. The van der Waals surface area contributed by atoms with Gasteiger partial charge in [-0.25, -0.2) is 9.97 Å². The van der Waals surface area contributed by atoms with Gasteiger partial charge in [-0.05, 0) is 43.7 Å². The lowest BCUT2D eigenvalue weighted by Crippen LogP contribution is -2.40. The third kappa shape index (κ3) is 5.21. The van der Waals surface area contributed by atoms with Crippen LogP contribution in [0.1, 0.15) is 18.5 Å². The molecule has 0 unspecified atom stereocenters. The summed E-state index contributed by atoms with van der Waals surface area (Å²) in [6.45, 7) is 4.62. The van der Waals surface area contributed by atoms with Crippen LogP contribution in [0.3, 0.4) is 0 Å². The van der Waals surface area contributed by atoms with Gasteiger partial charge in [0.25, 0.3) is 0 Å². The zero-order chi connectivity index (χ0) is 25.1. The fourth-order valence-corrected chi connectivity index (χ4v) is 4.30. The number of rotatable bonds is 10. The van der Waals surface area contributed by atoms with Crippen molar-refractivity contribution >= 4 is 27.7 Å². The Hall–Kier alpha value is -3.85. The predicted octanol–water partition coefficient (Wildman–Crippen LogP) is 4.48. The molecule has 2 aromatic carbocycles. The van der Waals surface area contributed by atoms with Crippen molar-refractivity contribution in [2.45, 2.75) is 19.8 Å². The summed E-state index contributed by atoms with van der Waals surface area (Å²) < 4.78 is 22.8. The number of carbonyl (C=O) groups is 1. The summed E-state index contributed by atoms with van der Waals surface area (Å²) in [6.07, 6.45) is 2.49. The van der Waals surface area contributed by atoms with Gasteiger partial charge in [0.2, 0.25) is 11.8 Å². The van der Waals surface area contributed by atoms with Gasteiger partial charge >= 0.3 is 0 Å². The molecule has 0 radical (unpaired) electrons. The molecule has 1 N–H and O–H groups in total. The molecule has 1 aliphatic rings. The van der Waals surface area contributed by atoms with Gasteiger partial charge in [0.05, 0.1) is 37.8 Å². The molecule has 1 amide bonds. The van der Waals surface area contributed by atoms with Gasteiger partial charge < -0.3 is 28.8 Å². The normalized spacial score (nSPS) is 13.5. The maximum atomic E-state index is 12.4. The number of nitrogens with one attached hydrogen (secondary N) is 1. The van der Waals surface area contributed by atoms with E-state index in [-0.39, 0.29) is 5.91 Å². The number of fused-ring (bicyclic) bond motifs is 2. The number of aryl methyl sites for hydroxylation is 1. The summed E-state index contributed by atoms with van der Waals surface area (Å²) in [6, 6.07) is 11.6. The van der Waals surface area contributed by atoms with Crippen LogP contribution >= 0.6 is 0 Å². The summed E-state index contributed by atoms with van der Waals surface area (Å²) in [5, 5.41) is 1.78. The van der Waals surface area contributed by atoms with E-state index in [0.29, 0.717) is 59.4 Å². The molecule has 1 saturated heterocycles. The molecule has 0 saturated carbocycles. The minimum Gasteiger partial charge on any atom is -0.493 e. The first-order chi connectivity index (χ1) is 17.5. The van der Waals surface area contributed by atoms with E-state index >= 15 is 0 Å². The van der Waals surface area contributed by atoms with Crippen molar-refractivity contribution in [3.8, 4) is 23.1 Å². The minimum absolute atomic E-state index is 0.110. The molecular weight excluding hydrogens is 460 g/mol. The number of benzene rings is 2. The molecule has 0 aliphatic carbocycles. The Morgan fingerprint density at radius 1 is 1.17 bits per heavy atom. The number of hydrogen-bond donors (Lipinski definition) is 1. The topological polar surface area (TPSA) is 98.8 Å². The number of ether oxygens (including phenoxy) is 4. The first-order valence-electron chi connectivity index (χ1n) is 12.0. The molecule has 1 fully saturated rings. The average Bonchev–Trinajstić information content (AvgIpc) is 3.22. The average molecular weight is 491 g/mol. The Labute approximate surface area is 209 Å². The number of aromatic nitrogens is 3. The van der Waals surface area contributed by atoms with Crippen molar-refractivity contribution in [2.24, 2.45) is 5.92 Å². The van der Waals surface area contributed by atoms with E-state index in [1.165, 1.54) is 6.33 Å². The van der Waals surface area contributed by atoms with Gasteiger partial charge in [-0.2, -0.15) is 0 Å². The van der Waals surface area contributed by atoms with Gasteiger partial charge in [-0.15, -0.1) is 0 Å². The van der Waals surface area contributed by atoms with Gasteiger partial charge in [0.15, 0.2) is 11.5 Å². The van der Waals surface area contributed by atoms with Crippen LogP contribution in [0.25, 0.3) is 21.8 Å². The Kier molecular flexibility index (Phi) is 6.90. The number of carbonyl (C=O) groups excluding carboxylic acids is 1. The molecule has 36 heavy (non-hydrogen) atoms. The van der Waals surface area contributed by atoms with E-state index in [4.69, 9.17) is 18.9 Å². The lowest BCUT2D eigenvalue weighted by atomic mass is 10.1. The van der Waals surface area contributed by atoms with Crippen molar-refractivity contribution in [2.75, 3.05) is 40.5 Å². The molecule has 5 rings (SSSR count). The van der Waals surface area contributed by atoms with Crippen LogP contribution in [0.2, 0.25) is 0 Å². The number of methoxy groups -OCH3 is 1. The van der Waals surface area contributed by atoms with Crippen molar-refractivity contribution in [3.05, 3.63) is 48.4 Å².